The molecule has 0 bridgehead atoms. The molecule has 2 heterocycles. The van der Waals surface area contributed by atoms with Crippen molar-refractivity contribution < 1.29 is 9.47 Å². The molecule has 1 aromatic carbocycles. The third kappa shape index (κ3) is 4.53. The molecular weight excluding hydrogens is 350 g/mol. The van der Waals surface area contributed by atoms with E-state index in [-0.39, 0.29) is 18.2 Å². The van der Waals surface area contributed by atoms with Crippen molar-refractivity contribution in [2.45, 2.75) is 70.6 Å². The second kappa shape index (κ2) is 9.01. The topological polar surface area (TPSA) is 56.3 Å². The number of nitrogens with one attached hydrogen (secondary N) is 1. The van der Waals surface area contributed by atoms with E-state index in [1.54, 1.807) is 0 Å². The number of fused-ring (bicyclic) bond motifs is 1. The van der Waals surface area contributed by atoms with Crippen molar-refractivity contribution in [2.24, 2.45) is 0 Å². The van der Waals surface area contributed by atoms with Crippen LogP contribution in [-0.2, 0) is 22.3 Å². The number of hydrogen-bond donors (Lipinski definition) is 1. The minimum Gasteiger partial charge on any atom is -0.381 e. The monoisotopic (exact) mass is 381 g/mol. The summed E-state index contributed by atoms with van der Waals surface area (Å²) >= 11 is 0. The molecule has 0 spiro atoms. The fourth-order valence-corrected chi connectivity index (χ4v) is 4.28. The molecule has 1 N–H and O–H groups in total. The van der Waals surface area contributed by atoms with Crippen LogP contribution in [0.2, 0.25) is 0 Å². The quantitative estimate of drug-likeness (QED) is 0.804. The van der Waals surface area contributed by atoms with E-state index in [9.17, 15) is 0 Å². The third-order valence-corrected chi connectivity index (χ3v) is 5.75. The van der Waals surface area contributed by atoms with E-state index in [1.165, 1.54) is 29.7 Å². The maximum absolute atomic E-state index is 6.60. The van der Waals surface area contributed by atoms with Gasteiger partial charge in [-0.15, -0.1) is 0 Å². The van der Waals surface area contributed by atoms with Crippen molar-refractivity contribution in [1.82, 2.24) is 9.97 Å². The van der Waals surface area contributed by atoms with Crippen molar-refractivity contribution in [2.75, 3.05) is 18.5 Å². The Hall–Kier alpha value is -1.98. The lowest BCUT2D eigenvalue weighted by molar-refractivity contribution is -0.0739. The number of nitrogens with zero attached hydrogens (tertiary/aromatic N) is 2. The number of hydrogen-bond acceptors (Lipinski definition) is 5. The van der Waals surface area contributed by atoms with Crippen LogP contribution in [0.5, 0.6) is 0 Å². The molecule has 28 heavy (non-hydrogen) atoms. The summed E-state index contributed by atoms with van der Waals surface area (Å²) in [6.45, 7) is 5.75. The summed E-state index contributed by atoms with van der Waals surface area (Å²) in [5.41, 5.74) is 3.71. The summed E-state index contributed by atoms with van der Waals surface area (Å²) in [5, 5.41) is 3.69. The molecular formula is C23H31N3O2. The average Bonchev–Trinajstić information content (AvgIpc) is 2.73. The van der Waals surface area contributed by atoms with Crippen LogP contribution in [-0.4, -0.2) is 35.3 Å². The summed E-state index contributed by atoms with van der Waals surface area (Å²) in [5.74, 6) is 1.84. The zero-order valence-electron chi connectivity index (χ0n) is 17.0. The largest absolute Gasteiger partial charge is 0.381 e. The van der Waals surface area contributed by atoms with Gasteiger partial charge in [0.05, 0.1) is 12.1 Å². The predicted octanol–water partition coefficient (Wildman–Crippen LogP) is 4.40. The van der Waals surface area contributed by atoms with Gasteiger partial charge in [0, 0.05) is 24.5 Å². The molecule has 1 fully saturated rings. The summed E-state index contributed by atoms with van der Waals surface area (Å²) < 4.78 is 12.1. The molecule has 4 rings (SSSR count). The number of anilines is 1. The smallest absolute Gasteiger partial charge is 0.133 e. The van der Waals surface area contributed by atoms with Crippen LogP contribution in [0.25, 0.3) is 0 Å². The van der Waals surface area contributed by atoms with Crippen LogP contribution in [0.4, 0.5) is 5.82 Å². The van der Waals surface area contributed by atoms with Gasteiger partial charge in [0.15, 0.2) is 0 Å². The summed E-state index contributed by atoms with van der Waals surface area (Å²) in [4.78, 5) is 9.43. The molecule has 2 unspecified atom stereocenters. The molecule has 1 aliphatic carbocycles. The Morgan fingerprint density at radius 2 is 1.82 bits per heavy atom. The van der Waals surface area contributed by atoms with Crippen LogP contribution < -0.4 is 5.32 Å². The van der Waals surface area contributed by atoms with Crippen molar-refractivity contribution in [3.8, 4) is 0 Å². The highest BCUT2D eigenvalue weighted by Crippen LogP contribution is 2.31. The molecule has 150 valence electrons. The molecule has 1 aromatic heterocycles. The summed E-state index contributed by atoms with van der Waals surface area (Å²) in [6, 6.07) is 10.6. The Balaban J connectivity index is 1.57. The molecule has 1 aliphatic heterocycles. The van der Waals surface area contributed by atoms with Crippen molar-refractivity contribution in [3.05, 3.63) is 53.0 Å². The van der Waals surface area contributed by atoms with Gasteiger partial charge in [-0.1, -0.05) is 30.3 Å². The lowest BCUT2D eigenvalue weighted by Crippen LogP contribution is -2.33. The van der Waals surface area contributed by atoms with Gasteiger partial charge < -0.3 is 14.8 Å². The van der Waals surface area contributed by atoms with Gasteiger partial charge in [0.1, 0.15) is 17.7 Å². The van der Waals surface area contributed by atoms with Gasteiger partial charge in [-0.05, 0) is 57.9 Å². The maximum atomic E-state index is 6.60. The molecule has 0 amide bonds. The lowest BCUT2D eigenvalue weighted by Gasteiger charge is -2.32. The number of aryl methyl sites for hydroxylation is 2. The van der Waals surface area contributed by atoms with Gasteiger partial charge in [-0.25, -0.2) is 9.97 Å². The molecule has 2 aliphatic rings. The summed E-state index contributed by atoms with van der Waals surface area (Å²) in [6.07, 6.45) is 6.67. The predicted molar refractivity (Wildman–Crippen MR) is 111 cm³/mol. The molecule has 2 aromatic rings. The highest BCUT2D eigenvalue weighted by molar-refractivity contribution is 5.49. The molecule has 5 nitrogen and oxygen atoms in total. The fraction of sp³-hybridized carbons (Fsp3) is 0.565. The minimum atomic E-state index is -0.0289. The Labute approximate surface area is 167 Å². The van der Waals surface area contributed by atoms with Crippen molar-refractivity contribution >= 4 is 5.82 Å². The van der Waals surface area contributed by atoms with E-state index < -0.39 is 0 Å². The first-order valence-corrected chi connectivity index (χ1v) is 10.6. The highest BCUT2D eigenvalue weighted by atomic mass is 16.5. The van der Waals surface area contributed by atoms with E-state index in [0.29, 0.717) is 0 Å². The first-order chi connectivity index (χ1) is 13.7. The zero-order valence-corrected chi connectivity index (χ0v) is 17.0. The number of benzene rings is 1. The van der Waals surface area contributed by atoms with Gasteiger partial charge >= 0.3 is 0 Å². The van der Waals surface area contributed by atoms with Crippen LogP contribution in [0.15, 0.2) is 30.3 Å². The molecule has 0 radical (unpaired) electrons. The molecule has 1 saturated heterocycles. The van der Waals surface area contributed by atoms with Crippen LogP contribution >= 0.6 is 0 Å². The van der Waals surface area contributed by atoms with E-state index >= 15 is 0 Å². The molecule has 0 saturated carbocycles. The van der Waals surface area contributed by atoms with Gasteiger partial charge in [0.2, 0.25) is 0 Å². The fourth-order valence-electron chi connectivity index (χ4n) is 4.28. The molecule has 5 heteroatoms. The van der Waals surface area contributed by atoms with E-state index in [1.807, 2.05) is 6.92 Å². The number of ether oxygens (including phenoxy) is 2. The van der Waals surface area contributed by atoms with E-state index in [4.69, 9.17) is 14.5 Å². The first kappa shape index (κ1) is 19.3. The van der Waals surface area contributed by atoms with E-state index in [2.05, 4.69) is 47.6 Å². The number of rotatable bonds is 6. The van der Waals surface area contributed by atoms with Gasteiger partial charge in [-0.3, -0.25) is 0 Å². The summed E-state index contributed by atoms with van der Waals surface area (Å²) in [7, 11) is 0. The second-order valence-electron chi connectivity index (χ2n) is 7.96. The Morgan fingerprint density at radius 3 is 2.61 bits per heavy atom. The minimum absolute atomic E-state index is 0.0289. The molecule has 2 atom stereocenters. The normalized spacial score (nSPS) is 19.6. The van der Waals surface area contributed by atoms with Crippen molar-refractivity contribution in [1.29, 1.82) is 0 Å². The first-order valence-electron chi connectivity index (χ1n) is 10.6. The van der Waals surface area contributed by atoms with Crippen molar-refractivity contribution in [3.63, 3.8) is 0 Å². The Morgan fingerprint density at radius 1 is 1.07 bits per heavy atom. The maximum Gasteiger partial charge on any atom is 0.133 e. The number of aromatic nitrogens is 2. The standard InChI is InChI=1S/C23H31N3O2/c1-16(24-23-20-10-6-7-11-21(20)25-17(2)26-23)22(18-8-4-3-5-9-18)28-19-12-14-27-15-13-19/h3-5,8-9,16,19,22H,6-7,10-15H2,1-2H3,(H,24,25,26). The second-order valence-corrected chi connectivity index (χ2v) is 7.96. The Bertz CT molecular complexity index is 775. The zero-order chi connectivity index (χ0) is 19.3. The third-order valence-electron chi connectivity index (χ3n) is 5.75. The van der Waals surface area contributed by atoms with E-state index in [0.717, 1.165) is 50.5 Å². The Kier molecular flexibility index (Phi) is 6.23. The van der Waals surface area contributed by atoms with Gasteiger partial charge in [-0.2, -0.15) is 0 Å². The SMILES string of the molecule is Cc1nc2c(c(NC(C)C(OC3CCOCC3)c3ccccc3)n1)CCCC2. The lowest BCUT2D eigenvalue weighted by atomic mass is 9.95. The highest BCUT2D eigenvalue weighted by Gasteiger charge is 2.27. The van der Waals surface area contributed by atoms with Gasteiger partial charge in [0.25, 0.3) is 0 Å². The average molecular weight is 382 g/mol. The van der Waals surface area contributed by atoms with Crippen LogP contribution in [0.3, 0.4) is 0 Å². The van der Waals surface area contributed by atoms with Crippen LogP contribution in [0, 0.1) is 6.92 Å². The van der Waals surface area contributed by atoms with Crippen LogP contribution in [0.1, 0.15) is 61.4 Å².